The lowest BCUT2D eigenvalue weighted by Crippen LogP contribution is -2.42. The summed E-state index contributed by atoms with van der Waals surface area (Å²) in [6.45, 7) is 2.64. The summed E-state index contributed by atoms with van der Waals surface area (Å²) in [5.74, 6) is 0. The first kappa shape index (κ1) is 10.9. The molecule has 4 nitrogen and oxygen atoms in total. The Kier molecular flexibility index (Phi) is 3.32. The molecule has 1 aliphatic heterocycles. The van der Waals surface area contributed by atoms with Crippen LogP contribution < -0.4 is 0 Å². The summed E-state index contributed by atoms with van der Waals surface area (Å²) in [5, 5.41) is 0. The quantitative estimate of drug-likeness (QED) is 0.735. The molecular formula is C8H18N2O2S. The molecule has 0 bridgehead atoms. The third kappa shape index (κ3) is 2.93. The van der Waals surface area contributed by atoms with E-state index in [2.05, 4.69) is 0 Å². The summed E-state index contributed by atoms with van der Waals surface area (Å²) >= 11 is 0. The normalized spacial score (nSPS) is 34.5. The van der Waals surface area contributed by atoms with E-state index in [-0.39, 0.29) is 6.04 Å². The number of hydrogen-bond donors (Lipinski definition) is 1. The van der Waals surface area contributed by atoms with Crippen LogP contribution in [0.1, 0.15) is 19.8 Å². The van der Waals surface area contributed by atoms with E-state index in [0.29, 0.717) is 12.7 Å². The van der Waals surface area contributed by atoms with Crippen molar-refractivity contribution in [1.29, 1.82) is 4.78 Å². The maximum atomic E-state index is 11.4. The van der Waals surface area contributed by atoms with E-state index < -0.39 is 9.92 Å². The fraction of sp³-hybridized carbons (Fsp3) is 1.00. The fourth-order valence-electron chi connectivity index (χ4n) is 1.44. The van der Waals surface area contributed by atoms with Crippen molar-refractivity contribution < 1.29 is 8.95 Å². The molecule has 1 fully saturated rings. The molecule has 0 saturated carbocycles. The van der Waals surface area contributed by atoms with Gasteiger partial charge in [0, 0.05) is 19.3 Å². The van der Waals surface area contributed by atoms with Crippen LogP contribution in [0, 0.1) is 4.78 Å². The van der Waals surface area contributed by atoms with Crippen molar-refractivity contribution in [3.63, 3.8) is 0 Å². The molecule has 0 spiro atoms. The van der Waals surface area contributed by atoms with Gasteiger partial charge in [0.15, 0.2) is 0 Å². The van der Waals surface area contributed by atoms with Gasteiger partial charge in [-0.25, -0.2) is 13.3 Å². The molecule has 0 radical (unpaired) electrons. The molecule has 5 heteroatoms. The van der Waals surface area contributed by atoms with Gasteiger partial charge in [0.25, 0.3) is 0 Å². The fourth-order valence-corrected chi connectivity index (χ4v) is 2.18. The standard InChI is InChI=1S/C8H18N2O2S/c1-7-4-5-8(6-12-7)10(2)13(3,9)11/h7-9H,4-6H2,1-3H3. The van der Waals surface area contributed by atoms with Crippen molar-refractivity contribution in [1.82, 2.24) is 4.31 Å². The van der Waals surface area contributed by atoms with Gasteiger partial charge in [-0.15, -0.1) is 0 Å². The summed E-state index contributed by atoms with van der Waals surface area (Å²) in [7, 11) is -0.831. The molecule has 1 rings (SSSR count). The summed E-state index contributed by atoms with van der Waals surface area (Å²) in [5.41, 5.74) is 0. The first-order valence-corrected chi connectivity index (χ1v) is 6.42. The maximum Gasteiger partial charge on any atom is 0.104 e. The van der Waals surface area contributed by atoms with Crippen molar-refractivity contribution in [2.45, 2.75) is 31.9 Å². The van der Waals surface area contributed by atoms with Crippen LogP contribution in [0.5, 0.6) is 0 Å². The van der Waals surface area contributed by atoms with E-state index in [1.807, 2.05) is 6.92 Å². The molecule has 1 aliphatic rings. The zero-order valence-electron chi connectivity index (χ0n) is 8.45. The molecule has 0 aromatic rings. The predicted octanol–water partition coefficient (Wildman–Crippen LogP) is 1.08. The number of hydrogen-bond acceptors (Lipinski definition) is 3. The Balaban J connectivity index is 2.55. The molecule has 1 N–H and O–H groups in total. The summed E-state index contributed by atoms with van der Waals surface area (Å²) < 4.78 is 25.9. The highest BCUT2D eigenvalue weighted by atomic mass is 32.2. The third-order valence-electron chi connectivity index (χ3n) is 2.54. The van der Waals surface area contributed by atoms with Gasteiger partial charge in [-0.1, -0.05) is 0 Å². The second kappa shape index (κ2) is 3.94. The van der Waals surface area contributed by atoms with Gasteiger partial charge in [0.05, 0.1) is 12.7 Å². The van der Waals surface area contributed by atoms with Crippen LogP contribution in [0.4, 0.5) is 0 Å². The highest BCUT2D eigenvalue weighted by molar-refractivity contribution is 7.89. The van der Waals surface area contributed by atoms with Crippen molar-refractivity contribution >= 4 is 9.92 Å². The second-order valence-corrected chi connectivity index (χ2v) is 5.90. The molecule has 0 aromatic heterocycles. The van der Waals surface area contributed by atoms with Crippen LogP contribution in [0.2, 0.25) is 0 Å². The van der Waals surface area contributed by atoms with E-state index in [4.69, 9.17) is 9.52 Å². The Morgan fingerprint density at radius 1 is 1.54 bits per heavy atom. The van der Waals surface area contributed by atoms with Gasteiger partial charge in [0.2, 0.25) is 0 Å². The minimum atomic E-state index is -2.57. The van der Waals surface area contributed by atoms with Crippen molar-refractivity contribution in [2.24, 2.45) is 0 Å². The Morgan fingerprint density at radius 2 is 2.15 bits per heavy atom. The molecule has 13 heavy (non-hydrogen) atoms. The summed E-state index contributed by atoms with van der Waals surface area (Å²) in [6, 6.07) is 0.145. The summed E-state index contributed by atoms with van der Waals surface area (Å²) in [4.78, 5) is 0. The first-order chi connectivity index (χ1) is 5.91. The van der Waals surface area contributed by atoms with Gasteiger partial charge < -0.3 is 4.74 Å². The minimum absolute atomic E-state index is 0.145. The van der Waals surface area contributed by atoms with Gasteiger partial charge in [-0.3, -0.25) is 0 Å². The summed E-state index contributed by atoms with van der Waals surface area (Å²) in [6.07, 6.45) is 3.72. The number of likely N-dealkylation sites (N-methyl/N-ethyl adjacent to an activating group) is 1. The smallest absolute Gasteiger partial charge is 0.104 e. The lowest BCUT2D eigenvalue weighted by Gasteiger charge is -2.33. The van der Waals surface area contributed by atoms with Gasteiger partial charge in [-0.2, -0.15) is 0 Å². The number of ether oxygens (including phenoxy) is 1. The van der Waals surface area contributed by atoms with E-state index in [1.165, 1.54) is 6.26 Å². The van der Waals surface area contributed by atoms with Crippen LogP contribution in [-0.4, -0.2) is 40.6 Å². The second-order valence-electron chi connectivity index (χ2n) is 3.72. The number of nitrogens with zero attached hydrogens (tertiary/aromatic N) is 1. The molecule has 78 valence electrons. The molecule has 0 aromatic carbocycles. The lowest BCUT2D eigenvalue weighted by atomic mass is 10.1. The minimum Gasteiger partial charge on any atom is -0.377 e. The largest absolute Gasteiger partial charge is 0.377 e. The molecular weight excluding hydrogens is 188 g/mol. The van der Waals surface area contributed by atoms with E-state index >= 15 is 0 Å². The van der Waals surface area contributed by atoms with Crippen molar-refractivity contribution in [3.8, 4) is 0 Å². The SMILES string of the molecule is CC1CCC(N(C)S(C)(=N)=O)CO1. The van der Waals surface area contributed by atoms with E-state index in [0.717, 1.165) is 12.8 Å². The zero-order chi connectivity index (χ0) is 10.1. The lowest BCUT2D eigenvalue weighted by molar-refractivity contribution is -0.00468. The average Bonchev–Trinajstić information content (AvgIpc) is 2.03. The monoisotopic (exact) mass is 206 g/mol. The molecule has 3 atom stereocenters. The van der Waals surface area contributed by atoms with Crippen LogP contribution in [0.15, 0.2) is 0 Å². The Bertz CT molecular complexity index is 255. The Labute approximate surface area is 80.4 Å². The molecule has 1 heterocycles. The molecule has 0 amide bonds. The average molecular weight is 206 g/mol. The topological polar surface area (TPSA) is 53.4 Å². The van der Waals surface area contributed by atoms with Gasteiger partial charge >= 0.3 is 0 Å². The van der Waals surface area contributed by atoms with Crippen molar-refractivity contribution in [3.05, 3.63) is 0 Å². The van der Waals surface area contributed by atoms with Crippen LogP contribution in [0.3, 0.4) is 0 Å². The Morgan fingerprint density at radius 3 is 2.54 bits per heavy atom. The Hall–Kier alpha value is -0.130. The molecule has 1 saturated heterocycles. The zero-order valence-corrected chi connectivity index (χ0v) is 9.26. The predicted molar refractivity (Wildman–Crippen MR) is 53.0 cm³/mol. The highest BCUT2D eigenvalue weighted by Gasteiger charge is 2.25. The highest BCUT2D eigenvalue weighted by Crippen LogP contribution is 2.18. The van der Waals surface area contributed by atoms with Crippen LogP contribution in [-0.2, 0) is 14.7 Å². The molecule has 0 aliphatic carbocycles. The van der Waals surface area contributed by atoms with Crippen molar-refractivity contribution in [2.75, 3.05) is 19.9 Å². The van der Waals surface area contributed by atoms with Gasteiger partial charge in [-0.05, 0) is 19.8 Å². The first-order valence-electron chi connectivity index (χ1n) is 4.49. The molecule has 3 unspecified atom stereocenters. The van der Waals surface area contributed by atoms with Crippen LogP contribution >= 0.6 is 0 Å². The van der Waals surface area contributed by atoms with E-state index in [1.54, 1.807) is 11.4 Å². The van der Waals surface area contributed by atoms with Crippen LogP contribution in [0.25, 0.3) is 0 Å². The number of nitrogens with one attached hydrogen (secondary N) is 1. The van der Waals surface area contributed by atoms with E-state index in [9.17, 15) is 4.21 Å². The third-order valence-corrected chi connectivity index (χ3v) is 3.94. The number of rotatable bonds is 2. The maximum absolute atomic E-state index is 11.4. The van der Waals surface area contributed by atoms with Gasteiger partial charge in [0.1, 0.15) is 9.92 Å².